The second kappa shape index (κ2) is 16.5. The molecule has 1 aliphatic rings. The molecule has 0 bridgehead atoms. The number of aryl methyl sites for hydroxylation is 1. The summed E-state index contributed by atoms with van der Waals surface area (Å²) in [5.74, 6) is 0.960. The molecule has 1 aromatic heterocycles. The highest BCUT2D eigenvalue weighted by atomic mass is 32.1. The van der Waals surface area contributed by atoms with Crippen LogP contribution in [-0.2, 0) is 17.8 Å². The molecule has 6 nitrogen and oxygen atoms in total. The molecule has 3 aromatic rings. The summed E-state index contributed by atoms with van der Waals surface area (Å²) in [7, 11) is 0. The predicted octanol–water partition coefficient (Wildman–Crippen LogP) is 9.77. The van der Waals surface area contributed by atoms with Crippen molar-refractivity contribution in [2.45, 2.75) is 78.4 Å². The summed E-state index contributed by atoms with van der Waals surface area (Å²) >= 11 is 1.70. The number of benzene rings is 2. The first kappa shape index (κ1) is 34.1. The Morgan fingerprint density at radius 1 is 0.913 bits per heavy atom. The summed E-state index contributed by atoms with van der Waals surface area (Å²) < 4.78 is 12.4. The van der Waals surface area contributed by atoms with Gasteiger partial charge in [-0.25, -0.2) is 0 Å². The van der Waals surface area contributed by atoms with E-state index in [9.17, 15) is 15.8 Å². The Labute approximate surface area is 278 Å². The zero-order valence-electron chi connectivity index (χ0n) is 27.3. The van der Waals surface area contributed by atoms with E-state index in [4.69, 9.17) is 9.47 Å². The number of thiophene rings is 1. The fourth-order valence-corrected chi connectivity index (χ4v) is 6.39. The lowest BCUT2D eigenvalue weighted by Crippen LogP contribution is -2.25. The Morgan fingerprint density at radius 3 is 2.28 bits per heavy atom. The molecule has 2 heterocycles. The monoisotopic (exact) mass is 630 g/mol. The van der Waals surface area contributed by atoms with E-state index in [0.29, 0.717) is 18.6 Å². The number of allylic oxidation sites excluding steroid dienone is 2. The first-order valence-electron chi connectivity index (χ1n) is 16.0. The number of unbranched alkanes of at least 4 members (excludes halogenated alkanes) is 2. The van der Waals surface area contributed by atoms with Gasteiger partial charge in [0.1, 0.15) is 36.2 Å². The van der Waals surface area contributed by atoms with Gasteiger partial charge in [-0.1, -0.05) is 57.0 Å². The van der Waals surface area contributed by atoms with Crippen molar-refractivity contribution in [3.63, 3.8) is 0 Å². The van der Waals surface area contributed by atoms with Gasteiger partial charge in [0.15, 0.2) is 11.3 Å². The van der Waals surface area contributed by atoms with Gasteiger partial charge in [-0.2, -0.15) is 15.8 Å². The van der Waals surface area contributed by atoms with E-state index in [-0.39, 0.29) is 11.3 Å². The molecule has 46 heavy (non-hydrogen) atoms. The third-order valence-corrected chi connectivity index (χ3v) is 9.18. The zero-order chi connectivity index (χ0) is 32.9. The van der Waals surface area contributed by atoms with E-state index < -0.39 is 5.60 Å². The normalized spacial score (nSPS) is 13.6. The van der Waals surface area contributed by atoms with Crippen molar-refractivity contribution in [3.8, 4) is 24.0 Å². The molecule has 2 aromatic carbocycles. The van der Waals surface area contributed by atoms with E-state index in [0.717, 1.165) is 72.5 Å². The Morgan fingerprint density at radius 2 is 1.63 bits per heavy atom. The maximum Gasteiger partial charge on any atom is 0.172 e. The van der Waals surface area contributed by atoms with Crippen molar-refractivity contribution in [2.75, 3.05) is 18.0 Å². The molecule has 0 fully saturated rings. The molecule has 0 saturated heterocycles. The van der Waals surface area contributed by atoms with Gasteiger partial charge in [0.25, 0.3) is 0 Å². The molecule has 4 rings (SSSR count). The summed E-state index contributed by atoms with van der Waals surface area (Å²) in [5.41, 5.74) is 3.53. The van der Waals surface area contributed by atoms with E-state index in [2.05, 4.69) is 79.4 Å². The second-order valence-corrected chi connectivity index (χ2v) is 13.0. The molecule has 0 saturated carbocycles. The van der Waals surface area contributed by atoms with E-state index in [1.165, 1.54) is 10.6 Å². The van der Waals surface area contributed by atoms with Gasteiger partial charge in [0.05, 0.1) is 5.57 Å². The fourth-order valence-electron chi connectivity index (χ4n) is 5.48. The van der Waals surface area contributed by atoms with Crippen molar-refractivity contribution in [1.82, 2.24) is 0 Å². The van der Waals surface area contributed by atoms with Gasteiger partial charge in [-0.3, -0.25) is 0 Å². The summed E-state index contributed by atoms with van der Waals surface area (Å²) in [6.07, 6.45) is 10.2. The molecule has 0 amide bonds. The van der Waals surface area contributed by atoms with Gasteiger partial charge in [-0.15, -0.1) is 11.3 Å². The van der Waals surface area contributed by atoms with Gasteiger partial charge < -0.3 is 14.4 Å². The van der Waals surface area contributed by atoms with Crippen molar-refractivity contribution >= 4 is 29.2 Å². The van der Waals surface area contributed by atoms with Crippen LogP contribution in [0.15, 0.2) is 83.1 Å². The van der Waals surface area contributed by atoms with Crippen molar-refractivity contribution in [3.05, 3.63) is 104 Å². The maximum atomic E-state index is 9.85. The third kappa shape index (κ3) is 8.69. The first-order valence-corrected chi connectivity index (χ1v) is 16.8. The molecular weight excluding hydrogens is 589 g/mol. The lowest BCUT2D eigenvalue weighted by Gasteiger charge is -2.25. The largest absolute Gasteiger partial charge is 0.488 e. The highest BCUT2D eigenvalue weighted by Crippen LogP contribution is 2.42. The van der Waals surface area contributed by atoms with E-state index >= 15 is 0 Å². The Hall–Kier alpha value is -4.77. The van der Waals surface area contributed by atoms with Crippen LogP contribution < -0.4 is 9.64 Å². The second-order valence-electron chi connectivity index (χ2n) is 11.8. The molecule has 0 radical (unpaired) electrons. The van der Waals surface area contributed by atoms with E-state index in [1.54, 1.807) is 11.3 Å². The van der Waals surface area contributed by atoms with Gasteiger partial charge in [-0.05, 0) is 87.1 Å². The minimum Gasteiger partial charge on any atom is -0.488 e. The van der Waals surface area contributed by atoms with Crippen molar-refractivity contribution in [2.24, 2.45) is 0 Å². The summed E-state index contributed by atoms with van der Waals surface area (Å²) in [6.45, 7) is 10.8. The average Bonchev–Trinajstić information content (AvgIpc) is 3.63. The van der Waals surface area contributed by atoms with Crippen LogP contribution in [0.4, 0.5) is 5.69 Å². The number of hydrogen-bond donors (Lipinski definition) is 0. The van der Waals surface area contributed by atoms with Gasteiger partial charge in [0, 0.05) is 40.2 Å². The molecule has 0 atom stereocenters. The van der Waals surface area contributed by atoms with E-state index in [1.807, 2.05) is 44.2 Å². The smallest absolute Gasteiger partial charge is 0.172 e. The molecule has 1 aliphatic heterocycles. The standard InChI is InChI=1S/C39H42N4O2S/c1-5-7-22-43(23-8-6-2)32-16-14-30(37(24-32)44-28-29-12-10-9-11-13-29)15-17-33-18-19-34(46-33)20-21-36-35(27-42)38(31(25-40)26-41)45-39(36,3)4/h9-19,24H,5-8,20-23,28H2,1-4H3/b17-15+. The number of anilines is 1. The van der Waals surface area contributed by atoms with Gasteiger partial charge in [0.2, 0.25) is 0 Å². The minimum atomic E-state index is -0.760. The van der Waals surface area contributed by atoms with Crippen LogP contribution in [0.2, 0.25) is 0 Å². The predicted molar refractivity (Wildman–Crippen MR) is 187 cm³/mol. The summed E-state index contributed by atoms with van der Waals surface area (Å²) in [6, 6.07) is 26.9. The van der Waals surface area contributed by atoms with Crippen LogP contribution >= 0.6 is 11.3 Å². The average molecular weight is 631 g/mol. The van der Waals surface area contributed by atoms with Crippen LogP contribution in [0.3, 0.4) is 0 Å². The molecule has 0 aliphatic carbocycles. The summed E-state index contributed by atoms with van der Waals surface area (Å²) in [5, 5.41) is 28.5. The van der Waals surface area contributed by atoms with Crippen molar-refractivity contribution in [1.29, 1.82) is 15.8 Å². The topological polar surface area (TPSA) is 93.1 Å². The minimum absolute atomic E-state index is 0.0949. The quantitative estimate of drug-likeness (QED) is 0.155. The van der Waals surface area contributed by atoms with Crippen LogP contribution in [0.1, 0.15) is 80.7 Å². The summed E-state index contributed by atoms with van der Waals surface area (Å²) in [4.78, 5) is 4.77. The number of nitrogens with zero attached hydrogens (tertiary/aromatic N) is 4. The third-order valence-electron chi connectivity index (χ3n) is 8.07. The zero-order valence-corrected chi connectivity index (χ0v) is 28.1. The Bertz CT molecular complexity index is 1690. The SMILES string of the molecule is CCCCN(CCCC)c1ccc(/C=C/c2ccc(CCC3=C(C#N)C(=C(C#N)C#N)OC3(C)C)s2)c(OCc2ccccc2)c1. The fraction of sp³-hybridized carbons (Fsp3) is 0.359. The lowest BCUT2D eigenvalue weighted by atomic mass is 9.91. The molecule has 236 valence electrons. The molecule has 0 spiro atoms. The highest BCUT2D eigenvalue weighted by molar-refractivity contribution is 7.12. The highest BCUT2D eigenvalue weighted by Gasteiger charge is 2.39. The van der Waals surface area contributed by atoms with Crippen LogP contribution in [-0.4, -0.2) is 18.7 Å². The maximum absolute atomic E-state index is 9.85. The first-order chi connectivity index (χ1) is 22.3. The number of rotatable bonds is 15. The molecular formula is C39H42N4O2S. The van der Waals surface area contributed by atoms with Crippen molar-refractivity contribution < 1.29 is 9.47 Å². The molecule has 0 N–H and O–H groups in total. The Balaban J connectivity index is 1.54. The van der Waals surface area contributed by atoms with Crippen LogP contribution in [0, 0.1) is 34.0 Å². The Kier molecular flexibility index (Phi) is 12.2. The lowest BCUT2D eigenvalue weighted by molar-refractivity contribution is 0.0902. The molecule has 0 unspecified atom stereocenters. The number of ether oxygens (including phenoxy) is 2. The van der Waals surface area contributed by atoms with Gasteiger partial charge >= 0.3 is 0 Å². The molecule has 7 heteroatoms. The van der Waals surface area contributed by atoms with Crippen LogP contribution in [0.5, 0.6) is 5.75 Å². The number of nitriles is 3. The van der Waals surface area contributed by atoms with Crippen LogP contribution in [0.25, 0.3) is 12.2 Å². The number of hydrogen-bond acceptors (Lipinski definition) is 7.